The minimum Gasteiger partial charge on any atom is -0.462 e. The van der Waals surface area contributed by atoms with Gasteiger partial charge in [0.15, 0.2) is 0 Å². The average Bonchev–Trinajstić information content (AvgIpc) is 2.97. The van der Waals surface area contributed by atoms with Crippen molar-refractivity contribution in [3.8, 4) is 0 Å². The molecule has 0 bridgehead atoms. The van der Waals surface area contributed by atoms with Gasteiger partial charge in [0, 0.05) is 51.3 Å². The van der Waals surface area contributed by atoms with E-state index in [0.29, 0.717) is 32.5 Å². The van der Waals surface area contributed by atoms with Crippen LogP contribution in [0.4, 0.5) is 0 Å². The molecule has 0 aliphatic carbocycles. The molecule has 0 heterocycles. The van der Waals surface area contributed by atoms with Gasteiger partial charge in [-0.15, -0.1) is 0 Å². The number of carbonyl (C=O) groups excluding carboxylic acids is 4. The number of hydrogen-bond donors (Lipinski definition) is 1. The summed E-state index contributed by atoms with van der Waals surface area (Å²) in [5.41, 5.74) is 1.05. The Balaban J connectivity index is 2.77. The van der Waals surface area contributed by atoms with Crippen molar-refractivity contribution >= 4 is 24.1 Å². The Labute approximate surface area is 245 Å². The summed E-state index contributed by atoms with van der Waals surface area (Å²) in [7, 11) is 1.59. The van der Waals surface area contributed by atoms with Crippen LogP contribution in [0.2, 0.25) is 0 Å². The highest BCUT2D eigenvalue weighted by atomic mass is 16.5. The number of esters is 2. The lowest BCUT2D eigenvalue weighted by Gasteiger charge is -2.31. The Hall–Kier alpha value is -3.04. The van der Waals surface area contributed by atoms with Crippen LogP contribution in [0, 0.1) is 23.7 Å². The number of ketones is 1. The van der Waals surface area contributed by atoms with Gasteiger partial charge in [0.2, 0.25) is 6.41 Å². The van der Waals surface area contributed by atoms with Crippen molar-refractivity contribution in [2.45, 2.75) is 92.1 Å². The second-order valence-electron chi connectivity index (χ2n) is 10.9. The van der Waals surface area contributed by atoms with Crippen molar-refractivity contribution in [1.29, 1.82) is 0 Å². The van der Waals surface area contributed by atoms with Gasteiger partial charge in [-0.25, -0.2) is 0 Å². The predicted octanol–water partition coefficient (Wildman–Crippen LogP) is 4.70. The number of amides is 1. The fourth-order valence-electron chi connectivity index (χ4n) is 4.61. The van der Waals surface area contributed by atoms with E-state index in [2.05, 4.69) is 0 Å². The number of nitrogens with zero attached hydrogens (tertiary/aromatic N) is 1. The molecule has 0 aromatic heterocycles. The normalized spacial score (nSPS) is 16.6. The van der Waals surface area contributed by atoms with E-state index in [1.807, 2.05) is 51.1 Å². The first-order valence-electron chi connectivity index (χ1n) is 14.5. The minimum absolute atomic E-state index is 0.0878. The molecule has 0 spiro atoms. The molecular formula is C32H49NO8. The van der Waals surface area contributed by atoms with Crippen LogP contribution in [0.3, 0.4) is 0 Å². The van der Waals surface area contributed by atoms with Crippen molar-refractivity contribution in [2.24, 2.45) is 23.7 Å². The number of rotatable bonds is 20. The Bertz CT molecular complexity index is 966. The summed E-state index contributed by atoms with van der Waals surface area (Å²) in [5.74, 6) is -2.43. The van der Waals surface area contributed by atoms with Crippen LogP contribution >= 0.6 is 0 Å². The smallest absolute Gasteiger partial charge is 0.305 e. The summed E-state index contributed by atoms with van der Waals surface area (Å²) in [6.45, 7) is 11.1. The molecule has 9 nitrogen and oxygen atoms in total. The lowest BCUT2D eigenvalue weighted by Crippen LogP contribution is -2.38. The third-order valence-corrected chi connectivity index (χ3v) is 7.40. The molecular weight excluding hydrogens is 526 g/mol. The molecule has 1 aromatic carbocycles. The molecule has 7 atom stereocenters. The number of hydrogen-bond acceptors (Lipinski definition) is 8. The Morgan fingerprint density at radius 3 is 2.27 bits per heavy atom. The second-order valence-corrected chi connectivity index (χ2v) is 10.9. The lowest BCUT2D eigenvalue weighted by molar-refractivity contribution is -0.156. The van der Waals surface area contributed by atoms with E-state index in [1.165, 1.54) is 11.8 Å². The number of benzene rings is 1. The topological polar surface area (TPSA) is 119 Å². The standard InChI is InChI=1S/C32H49NO8/c1-8-30(37)41-29(17-19-39-20-27-12-10-9-11-13-27)25(5)31(38)22(2)14-15-28(36)24(4)32(40-26(6)35)23(3)16-18-33(7)21-34/h9-13,16,18,21-25,29,31-32,38H,8,14-15,17,19-20H2,1-7H3/b18-16+/t22-,23+,24-,25+,29+,31+,32+/m0/s1. The van der Waals surface area contributed by atoms with E-state index < -0.39 is 30.2 Å². The highest BCUT2D eigenvalue weighted by Crippen LogP contribution is 2.27. The van der Waals surface area contributed by atoms with Gasteiger partial charge in [0.05, 0.1) is 25.2 Å². The van der Waals surface area contributed by atoms with Gasteiger partial charge < -0.3 is 24.2 Å². The summed E-state index contributed by atoms with van der Waals surface area (Å²) in [5, 5.41) is 11.1. The summed E-state index contributed by atoms with van der Waals surface area (Å²) in [6, 6.07) is 9.78. The Morgan fingerprint density at radius 2 is 1.68 bits per heavy atom. The second kappa shape index (κ2) is 19.1. The fourth-order valence-corrected chi connectivity index (χ4v) is 4.61. The van der Waals surface area contributed by atoms with Crippen molar-refractivity contribution in [3.63, 3.8) is 0 Å². The van der Waals surface area contributed by atoms with E-state index in [0.717, 1.165) is 5.56 Å². The lowest BCUT2D eigenvalue weighted by atomic mass is 9.83. The fraction of sp³-hybridized carbons (Fsp3) is 0.625. The van der Waals surface area contributed by atoms with Crippen LogP contribution in [-0.2, 0) is 40.0 Å². The third kappa shape index (κ3) is 13.4. The largest absolute Gasteiger partial charge is 0.462 e. The monoisotopic (exact) mass is 575 g/mol. The first-order valence-corrected chi connectivity index (χ1v) is 14.5. The molecule has 1 rings (SSSR count). The molecule has 41 heavy (non-hydrogen) atoms. The van der Waals surface area contributed by atoms with E-state index >= 15 is 0 Å². The van der Waals surface area contributed by atoms with Gasteiger partial charge in [-0.3, -0.25) is 19.2 Å². The van der Waals surface area contributed by atoms with Gasteiger partial charge in [-0.05, 0) is 17.9 Å². The molecule has 1 aromatic rings. The molecule has 0 aliphatic heterocycles. The summed E-state index contributed by atoms with van der Waals surface area (Å²) >= 11 is 0. The van der Waals surface area contributed by atoms with Crippen molar-refractivity contribution < 1.29 is 38.5 Å². The number of aliphatic hydroxyl groups is 1. The molecule has 0 unspecified atom stereocenters. The maximum Gasteiger partial charge on any atom is 0.305 e. The van der Waals surface area contributed by atoms with E-state index in [4.69, 9.17) is 14.2 Å². The summed E-state index contributed by atoms with van der Waals surface area (Å²) in [6.07, 6.45) is 3.18. The van der Waals surface area contributed by atoms with Crippen molar-refractivity contribution in [3.05, 3.63) is 48.2 Å². The van der Waals surface area contributed by atoms with Crippen LogP contribution in [0.1, 0.15) is 72.8 Å². The van der Waals surface area contributed by atoms with Crippen molar-refractivity contribution in [2.75, 3.05) is 13.7 Å². The molecule has 0 saturated heterocycles. The van der Waals surface area contributed by atoms with Crippen LogP contribution in [0.5, 0.6) is 0 Å². The Kier molecular flexibility index (Phi) is 16.8. The zero-order chi connectivity index (χ0) is 30.9. The zero-order valence-electron chi connectivity index (χ0n) is 25.7. The van der Waals surface area contributed by atoms with E-state index in [-0.39, 0.29) is 42.3 Å². The first-order chi connectivity index (χ1) is 19.4. The molecule has 1 N–H and O–H groups in total. The van der Waals surface area contributed by atoms with Crippen LogP contribution in [0.15, 0.2) is 42.6 Å². The van der Waals surface area contributed by atoms with E-state index in [9.17, 15) is 24.3 Å². The van der Waals surface area contributed by atoms with Crippen LogP contribution in [0.25, 0.3) is 0 Å². The quantitative estimate of drug-likeness (QED) is 0.135. The summed E-state index contributed by atoms with van der Waals surface area (Å²) < 4.78 is 16.9. The van der Waals surface area contributed by atoms with Gasteiger partial charge in [-0.1, -0.05) is 71.0 Å². The van der Waals surface area contributed by atoms with Crippen LogP contribution in [-0.4, -0.2) is 66.1 Å². The molecule has 0 saturated carbocycles. The molecule has 0 radical (unpaired) electrons. The predicted molar refractivity (Wildman–Crippen MR) is 156 cm³/mol. The molecule has 0 aliphatic rings. The molecule has 1 amide bonds. The summed E-state index contributed by atoms with van der Waals surface area (Å²) in [4.78, 5) is 49.2. The van der Waals surface area contributed by atoms with E-state index in [1.54, 1.807) is 33.2 Å². The SMILES string of the molecule is CCC(=O)O[C@H](CCOCc1ccccc1)[C@@H](C)[C@H](O)[C@@H](C)CCC(=O)[C@H](C)[C@H](OC(C)=O)[C@H](C)/C=C/N(C)C=O. The maximum atomic E-state index is 13.1. The zero-order valence-corrected chi connectivity index (χ0v) is 25.7. The number of ether oxygens (including phenoxy) is 3. The highest BCUT2D eigenvalue weighted by molar-refractivity contribution is 5.81. The van der Waals surface area contributed by atoms with Gasteiger partial charge >= 0.3 is 11.9 Å². The maximum absolute atomic E-state index is 13.1. The number of aliphatic hydroxyl groups excluding tert-OH is 1. The number of carbonyl (C=O) groups is 4. The van der Waals surface area contributed by atoms with Crippen molar-refractivity contribution in [1.82, 2.24) is 4.90 Å². The molecule has 9 heteroatoms. The Morgan fingerprint density at radius 1 is 1.02 bits per heavy atom. The third-order valence-electron chi connectivity index (χ3n) is 7.40. The highest BCUT2D eigenvalue weighted by Gasteiger charge is 2.33. The van der Waals surface area contributed by atoms with Gasteiger partial charge in [0.1, 0.15) is 18.0 Å². The molecule has 230 valence electrons. The van der Waals surface area contributed by atoms with Crippen LogP contribution < -0.4 is 0 Å². The first kappa shape index (κ1) is 36.0. The van der Waals surface area contributed by atoms with Gasteiger partial charge in [0.25, 0.3) is 0 Å². The minimum atomic E-state index is -0.813. The number of Topliss-reactive ketones (excluding diaryl/α,β-unsaturated/α-hetero) is 1. The average molecular weight is 576 g/mol. The molecule has 0 fully saturated rings. The van der Waals surface area contributed by atoms with Gasteiger partial charge in [-0.2, -0.15) is 0 Å².